The van der Waals surface area contributed by atoms with Crippen LogP contribution in [-0.4, -0.2) is 22.9 Å². The molecule has 2 N–H and O–H groups in total. The van der Waals surface area contributed by atoms with E-state index >= 15 is 0 Å². The molecule has 2 aromatic heterocycles. The third kappa shape index (κ3) is 3.09. The van der Waals surface area contributed by atoms with E-state index in [-0.39, 0.29) is 11.3 Å². The van der Waals surface area contributed by atoms with E-state index in [1.165, 1.54) is 17.4 Å². The van der Waals surface area contributed by atoms with Crippen LogP contribution in [0.25, 0.3) is 0 Å². The van der Waals surface area contributed by atoms with Crippen LogP contribution in [0.4, 0.5) is 11.5 Å². The van der Waals surface area contributed by atoms with E-state index in [4.69, 9.17) is 0 Å². The lowest BCUT2D eigenvalue weighted by molar-refractivity contribution is -0.385. The molecular weight excluding hydrogens is 280 g/mol. The van der Waals surface area contributed by atoms with Gasteiger partial charge in [-0.25, -0.2) is 4.98 Å². The number of nitrogens with zero attached hydrogens (tertiary/aromatic N) is 2. The zero-order chi connectivity index (χ0) is 14.5. The van der Waals surface area contributed by atoms with E-state index < -0.39 is 10.8 Å². The lowest BCUT2D eigenvalue weighted by Gasteiger charge is -2.08. The van der Waals surface area contributed by atoms with Gasteiger partial charge in [0.05, 0.1) is 10.5 Å². The summed E-state index contributed by atoms with van der Waals surface area (Å²) < 4.78 is 0. The Bertz CT molecular complexity index is 628. The second kappa shape index (κ2) is 6.11. The molecule has 0 aromatic carbocycles. The highest BCUT2D eigenvalue weighted by molar-refractivity contribution is 7.07. The topological polar surface area (TPSA) is 97.2 Å². The van der Waals surface area contributed by atoms with Crippen molar-refractivity contribution in [2.24, 2.45) is 0 Å². The second-order valence-corrected chi connectivity index (χ2v) is 4.69. The molecule has 0 atom stereocenters. The fourth-order valence-electron chi connectivity index (χ4n) is 1.60. The molecule has 2 aromatic rings. The van der Waals surface area contributed by atoms with Gasteiger partial charge in [0.25, 0.3) is 11.6 Å². The molecule has 2 rings (SSSR count). The van der Waals surface area contributed by atoms with Gasteiger partial charge >= 0.3 is 0 Å². The molecule has 0 aliphatic carbocycles. The van der Waals surface area contributed by atoms with Crippen LogP contribution in [-0.2, 0) is 6.54 Å². The molecule has 0 spiro atoms. The Morgan fingerprint density at radius 3 is 2.95 bits per heavy atom. The highest BCUT2D eigenvalue weighted by Gasteiger charge is 2.17. The number of anilines is 1. The maximum Gasteiger partial charge on any atom is 0.288 e. The number of rotatable bonds is 5. The van der Waals surface area contributed by atoms with Gasteiger partial charge in [-0.15, -0.1) is 0 Å². The summed E-state index contributed by atoms with van der Waals surface area (Å²) in [5, 5.41) is 20.0. The Labute approximate surface area is 118 Å². The number of carbonyl (C=O) groups is 1. The van der Waals surface area contributed by atoms with E-state index in [0.717, 1.165) is 11.8 Å². The SMILES string of the molecule is CNc1ncc([N+](=O)[O-])cc1C(=O)NCc1ccsc1. The fraction of sp³-hybridized carbons (Fsp3) is 0.167. The summed E-state index contributed by atoms with van der Waals surface area (Å²) in [6.07, 6.45) is 1.11. The number of hydrogen-bond donors (Lipinski definition) is 2. The van der Waals surface area contributed by atoms with Gasteiger partial charge in [0.1, 0.15) is 12.0 Å². The molecule has 8 heteroatoms. The number of nitro groups is 1. The zero-order valence-electron chi connectivity index (χ0n) is 10.6. The van der Waals surface area contributed by atoms with Crippen molar-refractivity contribution in [2.75, 3.05) is 12.4 Å². The quantitative estimate of drug-likeness (QED) is 0.649. The predicted octanol–water partition coefficient (Wildman–Crippen LogP) is 2.02. The van der Waals surface area contributed by atoms with Gasteiger partial charge in [0.2, 0.25) is 0 Å². The van der Waals surface area contributed by atoms with Gasteiger partial charge in [-0.3, -0.25) is 14.9 Å². The number of pyridine rings is 1. The normalized spacial score (nSPS) is 10.1. The van der Waals surface area contributed by atoms with Gasteiger partial charge in [0.15, 0.2) is 0 Å². The van der Waals surface area contributed by atoms with Crippen molar-refractivity contribution in [3.05, 3.63) is 50.3 Å². The monoisotopic (exact) mass is 292 g/mol. The standard InChI is InChI=1S/C12H12N4O3S/c1-13-11-10(4-9(6-14-11)16(18)19)12(17)15-5-8-2-3-20-7-8/h2-4,6-7H,5H2,1H3,(H,13,14)(H,15,17). The van der Waals surface area contributed by atoms with Gasteiger partial charge in [0, 0.05) is 19.7 Å². The number of thiophene rings is 1. The summed E-state index contributed by atoms with van der Waals surface area (Å²) >= 11 is 1.54. The minimum atomic E-state index is -0.581. The maximum atomic E-state index is 12.1. The molecule has 7 nitrogen and oxygen atoms in total. The van der Waals surface area contributed by atoms with Crippen LogP contribution in [0, 0.1) is 10.1 Å². The Morgan fingerprint density at radius 2 is 2.35 bits per heavy atom. The van der Waals surface area contributed by atoms with E-state index in [1.807, 2.05) is 16.8 Å². The Kier molecular flexibility index (Phi) is 4.26. The molecule has 0 saturated carbocycles. The lowest BCUT2D eigenvalue weighted by Crippen LogP contribution is -2.24. The van der Waals surface area contributed by atoms with Crippen LogP contribution >= 0.6 is 11.3 Å². The minimum absolute atomic E-state index is 0.150. The fourth-order valence-corrected chi connectivity index (χ4v) is 2.27. The number of amides is 1. The third-order valence-electron chi connectivity index (χ3n) is 2.60. The molecule has 0 unspecified atom stereocenters. The van der Waals surface area contributed by atoms with Gasteiger partial charge in [-0.05, 0) is 22.4 Å². The largest absolute Gasteiger partial charge is 0.372 e. The highest BCUT2D eigenvalue weighted by Crippen LogP contribution is 2.18. The molecule has 2 heterocycles. The molecule has 104 valence electrons. The van der Waals surface area contributed by atoms with E-state index in [9.17, 15) is 14.9 Å². The number of nitrogens with one attached hydrogen (secondary N) is 2. The van der Waals surface area contributed by atoms with Crippen molar-refractivity contribution in [3.8, 4) is 0 Å². The highest BCUT2D eigenvalue weighted by atomic mass is 32.1. The van der Waals surface area contributed by atoms with Crippen LogP contribution in [0.1, 0.15) is 15.9 Å². The molecular formula is C12H12N4O3S. The molecule has 0 bridgehead atoms. The first-order valence-corrected chi connectivity index (χ1v) is 6.67. The molecule has 0 fully saturated rings. The Hall–Kier alpha value is -2.48. The number of aromatic nitrogens is 1. The van der Waals surface area contributed by atoms with Crippen LogP contribution in [0.2, 0.25) is 0 Å². The summed E-state index contributed by atoms with van der Waals surface area (Å²) in [5.74, 6) is -0.102. The molecule has 20 heavy (non-hydrogen) atoms. The zero-order valence-corrected chi connectivity index (χ0v) is 11.4. The van der Waals surface area contributed by atoms with E-state index in [1.54, 1.807) is 7.05 Å². The van der Waals surface area contributed by atoms with Crippen LogP contribution < -0.4 is 10.6 Å². The predicted molar refractivity (Wildman–Crippen MR) is 75.9 cm³/mol. The van der Waals surface area contributed by atoms with Crippen molar-refractivity contribution in [3.63, 3.8) is 0 Å². The number of hydrogen-bond acceptors (Lipinski definition) is 6. The summed E-state index contributed by atoms with van der Waals surface area (Å²) in [7, 11) is 1.60. The van der Waals surface area contributed by atoms with Crippen LogP contribution in [0.3, 0.4) is 0 Å². The maximum absolute atomic E-state index is 12.1. The molecule has 0 saturated heterocycles. The smallest absolute Gasteiger partial charge is 0.288 e. The molecule has 0 radical (unpaired) electrons. The average Bonchev–Trinajstić information content (AvgIpc) is 2.97. The van der Waals surface area contributed by atoms with Crippen molar-refractivity contribution in [2.45, 2.75) is 6.54 Å². The first-order valence-electron chi connectivity index (χ1n) is 5.73. The summed E-state index contributed by atoms with van der Waals surface area (Å²) in [6.45, 7) is 0.369. The van der Waals surface area contributed by atoms with Crippen molar-refractivity contribution < 1.29 is 9.72 Å². The molecule has 0 aliphatic heterocycles. The second-order valence-electron chi connectivity index (χ2n) is 3.91. The van der Waals surface area contributed by atoms with Crippen LogP contribution in [0.15, 0.2) is 29.1 Å². The van der Waals surface area contributed by atoms with Crippen molar-refractivity contribution in [1.29, 1.82) is 0 Å². The lowest BCUT2D eigenvalue weighted by atomic mass is 10.2. The molecule has 1 amide bonds. The van der Waals surface area contributed by atoms with Gasteiger partial charge in [-0.2, -0.15) is 11.3 Å². The first-order chi connectivity index (χ1) is 9.61. The Balaban J connectivity index is 2.18. The average molecular weight is 292 g/mol. The summed E-state index contributed by atoms with van der Waals surface area (Å²) in [5.41, 5.74) is 0.911. The van der Waals surface area contributed by atoms with E-state index in [0.29, 0.717) is 12.4 Å². The number of carbonyl (C=O) groups excluding carboxylic acids is 1. The summed E-state index contributed by atoms with van der Waals surface area (Å²) in [6, 6.07) is 3.11. The van der Waals surface area contributed by atoms with Crippen molar-refractivity contribution >= 4 is 28.7 Å². The van der Waals surface area contributed by atoms with Gasteiger partial charge in [-0.1, -0.05) is 0 Å². The Morgan fingerprint density at radius 1 is 1.55 bits per heavy atom. The van der Waals surface area contributed by atoms with Gasteiger partial charge < -0.3 is 10.6 Å². The van der Waals surface area contributed by atoms with Crippen LogP contribution in [0.5, 0.6) is 0 Å². The van der Waals surface area contributed by atoms with Crippen molar-refractivity contribution in [1.82, 2.24) is 10.3 Å². The molecule has 0 aliphatic rings. The minimum Gasteiger partial charge on any atom is -0.372 e. The van der Waals surface area contributed by atoms with E-state index in [2.05, 4.69) is 15.6 Å². The third-order valence-corrected chi connectivity index (χ3v) is 3.33. The summed E-state index contributed by atoms with van der Waals surface area (Å²) in [4.78, 5) is 26.1. The first kappa shape index (κ1) is 13.9.